The van der Waals surface area contributed by atoms with E-state index >= 15 is 0 Å². The van der Waals surface area contributed by atoms with Crippen LogP contribution in [0.4, 0.5) is 5.69 Å². The molecule has 6 nitrogen and oxygen atoms in total. The molecule has 2 aromatic rings. The van der Waals surface area contributed by atoms with Gasteiger partial charge in [0.15, 0.2) is 5.16 Å². The number of rotatable bonds is 4. The van der Waals surface area contributed by atoms with Crippen LogP contribution in [0.3, 0.4) is 0 Å². The highest BCUT2D eigenvalue weighted by atomic mass is 32.2. The molecule has 0 bridgehead atoms. The van der Waals surface area contributed by atoms with Gasteiger partial charge in [-0.1, -0.05) is 0 Å². The number of nitrogens with zero attached hydrogens (tertiary/aromatic N) is 3. The molecule has 0 unspecified atom stereocenters. The number of esters is 1. The molecule has 0 amide bonds. The Kier molecular flexibility index (Phi) is 4.52. The molecule has 104 valence electrons. The van der Waals surface area contributed by atoms with E-state index in [4.69, 9.17) is 10.5 Å². The monoisotopic (exact) mass is 290 g/mol. The second-order valence-corrected chi connectivity index (χ2v) is 4.96. The fourth-order valence-electron chi connectivity index (χ4n) is 1.42. The van der Waals surface area contributed by atoms with Crippen LogP contribution in [-0.4, -0.2) is 27.5 Å². The van der Waals surface area contributed by atoms with Crippen LogP contribution in [0.15, 0.2) is 34.8 Å². The molecule has 2 aromatic heterocycles. The van der Waals surface area contributed by atoms with E-state index < -0.39 is 5.97 Å². The Balaban J connectivity index is 2.22. The highest BCUT2D eigenvalue weighted by molar-refractivity contribution is 7.99. The number of anilines is 1. The van der Waals surface area contributed by atoms with Crippen LogP contribution >= 0.6 is 11.8 Å². The van der Waals surface area contributed by atoms with Crippen LogP contribution < -0.4 is 5.73 Å². The molecule has 2 N–H and O–H groups in total. The van der Waals surface area contributed by atoms with E-state index in [-0.39, 0.29) is 5.69 Å². The number of carbonyl (C=O) groups excluding carboxylic acids is 1. The number of aromatic nitrogens is 3. The van der Waals surface area contributed by atoms with Gasteiger partial charge in [0, 0.05) is 12.4 Å². The van der Waals surface area contributed by atoms with E-state index in [0.717, 1.165) is 5.56 Å². The Morgan fingerprint density at radius 1 is 1.30 bits per heavy atom. The first-order valence-electron chi connectivity index (χ1n) is 5.99. The van der Waals surface area contributed by atoms with Crippen molar-refractivity contribution in [3.05, 3.63) is 35.8 Å². The van der Waals surface area contributed by atoms with Gasteiger partial charge >= 0.3 is 5.97 Å². The maximum absolute atomic E-state index is 11.7. The molecule has 2 heterocycles. The Bertz CT molecular complexity index is 616. The summed E-state index contributed by atoms with van der Waals surface area (Å²) in [5.74, 6) is -0.459. The Morgan fingerprint density at radius 3 is 2.65 bits per heavy atom. The van der Waals surface area contributed by atoms with Crippen LogP contribution in [0.25, 0.3) is 0 Å². The molecule has 0 aliphatic rings. The fourth-order valence-corrected chi connectivity index (χ4v) is 2.10. The zero-order chi connectivity index (χ0) is 14.5. The molecule has 2 rings (SSSR count). The van der Waals surface area contributed by atoms with Crippen molar-refractivity contribution in [2.75, 3.05) is 12.3 Å². The molecule has 0 aromatic carbocycles. The quantitative estimate of drug-likeness (QED) is 0.681. The van der Waals surface area contributed by atoms with Gasteiger partial charge in [-0.25, -0.2) is 19.7 Å². The van der Waals surface area contributed by atoms with Crippen molar-refractivity contribution < 1.29 is 9.53 Å². The minimum Gasteiger partial charge on any atom is -0.462 e. The fraction of sp³-hybridized carbons (Fsp3) is 0.231. The number of hydrogen-bond acceptors (Lipinski definition) is 7. The van der Waals surface area contributed by atoms with Gasteiger partial charge in [0.25, 0.3) is 0 Å². The van der Waals surface area contributed by atoms with Crippen LogP contribution in [0.1, 0.15) is 22.8 Å². The lowest BCUT2D eigenvalue weighted by molar-refractivity contribution is 0.0527. The average Bonchev–Trinajstić information content (AvgIpc) is 2.43. The maximum atomic E-state index is 11.7. The van der Waals surface area contributed by atoms with Gasteiger partial charge < -0.3 is 10.5 Å². The highest BCUT2D eigenvalue weighted by Gasteiger charge is 2.13. The number of pyridine rings is 1. The molecular weight excluding hydrogens is 276 g/mol. The number of aryl methyl sites for hydroxylation is 1. The van der Waals surface area contributed by atoms with E-state index in [9.17, 15) is 4.79 Å². The van der Waals surface area contributed by atoms with Crippen molar-refractivity contribution >= 4 is 23.4 Å². The zero-order valence-electron chi connectivity index (χ0n) is 11.2. The van der Waals surface area contributed by atoms with Crippen LogP contribution in [0.5, 0.6) is 0 Å². The predicted molar refractivity (Wildman–Crippen MR) is 75.5 cm³/mol. The number of nitrogen functional groups attached to an aromatic ring is 1. The minimum absolute atomic E-state index is 0.289. The second-order valence-electron chi connectivity index (χ2n) is 3.98. The number of hydrogen-bond donors (Lipinski definition) is 1. The van der Waals surface area contributed by atoms with Crippen molar-refractivity contribution in [2.24, 2.45) is 0 Å². The van der Waals surface area contributed by atoms with E-state index in [1.54, 1.807) is 25.4 Å². The molecule has 0 saturated carbocycles. The van der Waals surface area contributed by atoms with Crippen molar-refractivity contribution in [3.63, 3.8) is 0 Å². The zero-order valence-corrected chi connectivity index (χ0v) is 12.0. The molecule has 0 saturated heterocycles. The molecule has 0 aliphatic carbocycles. The molecule has 20 heavy (non-hydrogen) atoms. The van der Waals surface area contributed by atoms with Crippen molar-refractivity contribution in [1.82, 2.24) is 15.0 Å². The molecule has 0 radical (unpaired) electrons. The minimum atomic E-state index is -0.459. The van der Waals surface area contributed by atoms with Crippen molar-refractivity contribution in [3.8, 4) is 0 Å². The number of ether oxygens (including phenoxy) is 1. The molecule has 0 aliphatic heterocycles. The summed E-state index contributed by atoms with van der Waals surface area (Å²) in [5, 5.41) is 1.15. The largest absolute Gasteiger partial charge is 0.462 e. The van der Waals surface area contributed by atoms with Gasteiger partial charge in [0.1, 0.15) is 5.03 Å². The summed E-state index contributed by atoms with van der Waals surface area (Å²) in [6, 6.07) is 1.58. The van der Waals surface area contributed by atoms with Gasteiger partial charge in [-0.3, -0.25) is 0 Å². The van der Waals surface area contributed by atoms with Gasteiger partial charge in [-0.15, -0.1) is 0 Å². The maximum Gasteiger partial charge on any atom is 0.340 e. The first kappa shape index (κ1) is 14.3. The Labute approximate surface area is 120 Å². The Hall–Kier alpha value is -2.15. The average molecular weight is 290 g/mol. The first-order valence-corrected chi connectivity index (χ1v) is 6.81. The summed E-state index contributed by atoms with van der Waals surface area (Å²) < 4.78 is 4.94. The summed E-state index contributed by atoms with van der Waals surface area (Å²) in [4.78, 5) is 24.2. The third-order valence-electron chi connectivity index (χ3n) is 2.36. The molecule has 7 heteroatoms. The highest BCUT2D eigenvalue weighted by Crippen LogP contribution is 2.25. The van der Waals surface area contributed by atoms with Gasteiger partial charge in [-0.2, -0.15) is 0 Å². The van der Waals surface area contributed by atoms with Crippen LogP contribution in [0, 0.1) is 6.92 Å². The summed E-state index contributed by atoms with van der Waals surface area (Å²) in [6.45, 7) is 3.95. The van der Waals surface area contributed by atoms with Crippen molar-refractivity contribution in [2.45, 2.75) is 24.0 Å². The SMILES string of the molecule is CCOC(=O)c1cc(Sc2ncc(C)cn2)ncc1N. The summed E-state index contributed by atoms with van der Waals surface area (Å²) >= 11 is 1.26. The standard InChI is InChI=1S/C13H14N4O2S/c1-3-19-12(18)9-4-11(15-7-10(9)14)20-13-16-5-8(2)6-17-13/h4-7H,3,14H2,1-2H3. The topological polar surface area (TPSA) is 91.0 Å². The van der Waals surface area contributed by atoms with Gasteiger partial charge in [0.05, 0.1) is 24.1 Å². The smallest absolute Gasteiger partial charge is 0.340 e. The van der Waals surface area contributed by atoms with E-state index in [1.165, 1.54) is 18.0 Å². The van der Waals surface area contributed by atoms with E-state index in [0.29, 0.717) is 22.4 Å². The lowest BCUT2D eigenvalue weighted by Gasteiger charge is -2.06. The number of carbonyl (C=O) groups is 1. The van der Waals surface area contributed by atoms with E-state index in [2.05, 4.69) is 15.0 Å². The molecule has 0 atom stereocenters. The first-order chi connectivity index (χ1) is 9.60. The summed E-state index contributed by atoms with van der Waals surface area (Å²) in [5.41, 5.74) is 7.30. The number of nitrogens with two attached hydrogens (primary N) is 1. The lowest BCUT2D eigenvalue weighted by atomic mass is 10.2. The molecular formula is C13H14N4O2S. The Morgan fingerprint density at radius 2 is 2.00 bits per heavy atom. The third kappa shape index (κ3) is 3.45. The normalized spacial score (nSPS) is 10.3. The summed E-state index contributed by atoms with van der Waals surface area (Å²) in [6.07, 6.45) is 4.88. The third-order valence-corrected chi connectivity index (χ3v) is 3.18. The van der Waals surface area contributed by atoms with Gasteiger partial charge in [0.2, 0.25) is 0 Å². The van der Waals surface area contributed by atoms with Crippen LogP contribution in [0.2, 0.25) is 0 Å². The molecule has 0 spiro atoms. The van der Waals surface area contributed by atoms with Crippen LogP contribution in [-0.2, 0) is 4.74 Å². The van der Waals surface area contributed by atoms with E-state index in [1.807, 2.05) is 6.92 Å². The summed E-state index contributed by atoms with van der Waals surface area (Å²) in [7, 11) is 0. The molecule has 0 fully saturated rings. The predicted octanol–water partition coefficient (Wildman–Crippen LogP) is 2.09. The lowest BCUT2D eigenvalue weighted by Crippen LogP contribution is -2.08. The second kappa shape index (κ2) is 6.33. The van der Waals surface area contributed by atoms with Crippen molar-refractivity contribution in [1.29, 1.82) is 0 Å². The van der Waals surface area contributed by atoms with Gasteiger partial charge in [-0.05, 0) is 37.2 Å².